The molecule has 5 rings (SSSR count). The number of halogens is 6. The van der Waals surface area contributed by atoms with Crippen LogP contribution >= 0.6 is 0 Å². The number of benzene rings is 3. The molecule has 0 aliphatic carbocycles. The molecule has 3 N–H and O–H groups in total. The summed E-state index contributed by atoms with van der Waals surface area (Å²) in [4.78, 5) is 13.4. The molecule has 7 nitrogen and oxygen atoms in total. The first kappa shape index (κ1) is 27.7. The van der Waals surface area contributed by atoms with Gasteiger partial charge in [0.1, 0.15) is 5.75 Å². The molecular formula is C28H22F6N6O. The Bertz CT molecular complexity index is 1630. The van der Waals surface area contributed by atoms with E-state index in [1.165, 1.54) is 30.6 Å². The summed E-state index contributed by atoms with van der Waals surface area (Å²) in [5, 5.41) is 15.6. The van der Waals surface area contributed by atoms with Gasteiger partial charge in [-0.05, 0) is 66.1 Å². The second kappa shape index (κ2) is 11.0. The summed E-state index contributed by atoms with van der Waals surface area (Å²) in [5.41, 5.74) is 1.06. The Morgan fingerprint density at radius 1 is 0.732 bits per heavy atom. The Morgan fingerprint density at radius 2 is 1.32 bits per heavy atom. The monoisotopic (exact) mass is 572 g/mol. The van der Waals surface area contributed by atoms with Gasteiger partial charge in [0.2, 0.25) is 5.95 Å². The number of rotatable bonds is 8. The predicted octanol–water partition coefficient (Wildman–Crippen LogP) is 7.02. The van der Waals surface area contributed by atoms with Gasteiger partial charge < -0.3 is 20.3 Å². The second-order valence-electron chi connectivity index (χ2n) is 9.18. The molecule has 0 amide bonds. The molecule has 13 heteroatoms. The molecule has 0 atom stereocenters. The van der Waals surface area contributed by atoms with Crippen molar-refractivity contribution in [2.45, 2.75) is 25.3 Å². The molecule has 0 spiro atoms. The van der Waals surface area contributed by atoms with Gasteiger partial charge in [0, 0.05) is 12.2 Å². The lowest BCUT2D eigenvalue weighted by Crippen LogP contribution is -2.10. The Hall–Kier alpha value is -4.81. The summed E-state index contributed by atoms with van der Waals surface area (Å²) < 4.78 is 79.5. The quantitative estimate of drug-likeness (QED) is 0.173. The molecule has 2 heterocycles. The number of imidazole rings is 1. The van der Waals surface area contributed by atoms with Crippen LogP contribution in [0, 0.1) is 0 Å². The fourth-order valence-corrected chi connectivity index (χ4v) is 4.09. The van der Waals surface area contributed by atoms with Crippen LogP contribution in [0.2, 0.25) is 0 Å². The van der Waals surface area contributed by atoms with Crippen molar-refractivity contribution in [3.63, 3.8) is 0 Å². The number of hydrogen-bond donors (Lipinski definition) is 3. The summed E-state index contributed by atoms with van der Waals surface area (Å²) in [6, 6.07) is 15.8. The maximum Gasteiger partial charge on any atom is 0.416 e. The number of hydrogen-bond acceptors (Lipinski definition) is 6. The standard InChI is InChI=1S/C28H22F6N6O/c29-27(30,31)19-5-1-18(2-6-19)15-40-16-36-23-24(35-14-13-17-3-11-22(41)12-4-17)38-26(39-25(23)40)37-21-9-7-20(8-10-21)28(32,33)34/h1-12,16,41H,13-15H2,(H2,35,37,38,39). The summed E-state index contributed by atoms with van der Waals surface area (Å²) in [5.74, 6) is 0.588. The van der Waals surface area contributed by atoms with E-state index >= 15 is 0 Å². The molecule has 0 unspecified atom stereocenters. The normalized spacial score (nSPS) is 12.0. The van der Waals surface area contributed by atoms with E-state index in [0.29, 0.717) is 41.2 Å². The van der Waals surface area contributed by atoms with Crippen LogP contribution in [-0.2, 0) is 25.3 Å². The van der Waals surface area contributed by atoms with E-state index in [2.05, 4.69) is 25.6 Å². The van der Waals surface area contributed by atoms with E-state index in [4.69, 9.17) is 0 Å². The fraction of sp³-hybridized carbons (Fsp3) is 0.179. The summed E-state index contributed by atoms with van der Waals surface area (Å²) in [7, 11) is 0. The van der Waals surface area contributed by atoms with Gasteiger partial charge in [0.05, 0.1) is 24.0 Å². The van der Waals surface area contributed by atoms with Crippen LogP contribution in [0.4, 0.5) is 43.8 Å². The van der Waals surface area contributed by atoms with Crippen LogP contribution in [0.15, 0.2) is 79.1 Å². The van der Waals surface area contributed by atoms with Gasteiger partial charge in [-0.25, -0.2) is 4.98 Å². The highest BCUT2D eigenvalue weighted by atomic mass is 19.4. The highest BCUT2D eigenvalue weighted by Gasteiger charge is 2.30. The molecule has 0 bridgehead atoms. The van der Waals surface area contributed by atoms with Crippen molar-refractivity contribution in [2.75, 3.05) is 17.2 Å². The summed E-state index contributed by atoms with van der Waals surface area (Å²) in [6.45, 7) is 0.598. The van der Waals surface area contributed by atoms with E-state index in [1.807, 2.05) is 0 Å². The van der Waals surface area contributed by atoms with Gasteiger partial charge in [0.15, 0.2) is 17.0 Å². The number of phenols is 1. The first-order valence-electron chi connectivity index (χ1n) is 12.3. The van der Waals surface area contributed by atoms with Crippen LogP contribution in [-0.4, -0.2) is 31.2 Å². The van der Waals surface area contributed by atoms with Crippen molar-refractivity contribution in [1.82, 2.24) is 19.5 Å². The van der Waals surface area contributed by atoms with Gasteiger partial charge in [-0.3, -0.25) is 0 Å². The zero-order chi connectivity index (χ0) is 29.2. The van der Waals surface area contributed by atoms with Gasteiger partial charge in [-0.15, -0.1) is 0 Å². The van der Waals surface area contributed by atoms with Gasteiger partial charge >= 0.3 is 12.4 Å². The SMILES string of the molecule is Oc1ccc(CCNc2nc(Nc3ccc(C(F)(F)F)cc3)nc3c2ncn3Cc2ccc(C(F)(F)F)cc2)cc1. The molecule has 3 aromatic carbocycles. The molecule has 0 radical (unpaired) electrons. The highest BCUT2D eigenvalue weighted by molar-refractivity contribution is 5.84. The molecule has 0 aliphatic rings. The minimum atomic E-state index is -4.48. The van der Waals surface area contributed by atoms with E-state index in [0.717, 1.165) is 29.8 Å². The zero-order valence-corrected chi connectivity index (χ0v) is 21.1. The second-order valence-corrected chi connectivity index (χ2v) is 9.18. The van der Waals surface area contributed by atoms with Crippen LogP contribution < -0.4 is 10.6 Å². The van der Waals surface area contributed by atoms with E-state index < -0.39 is 23.5 Å². The molecule has 0 fully saturated rings. The topological polar surface area (TPSA) is 87.9 Å². The van der Waals surface area contributed by atoms with Crippen molar-refractivity contribution < 1.29 is 31.4 Å². The average molecular weight is 573 g/mol. The third-order valence-corrected chi connectivity index (χ3v) is 6.21. The lowest BCUT2D eigenvalue weighted by molar-refractivity contribution is -0.138. The Labute approximate surface area is 229 Å². The van der Waals surface area contributed by atoms with Crippen molar-refractivity contribution in [3.05, 3.63) is 101 Å². The number of phenolic OH excluding ortho intramolecular Hbond substituents is 1. The Kier molecular flexibility index (Phi) is 7.43. The smallest absolute Gasteiger partial charge is 0.416 e. The lowest BCUT2D eigenvalue weighted by atomic mass is 10.1. The molecule has 212 valence electrons. The molecular weight excluding hydrogens is 550 g/mol. The largest absolute Gasteiger partial charge is 0.508 e. The zero-order valence-electron chi connectivity index (χ0n) is 21.1. The minimum absolute atomic E-state index is 0.0820. The lowest BCUT2D eigenvalue weighted by Gasteiger charge is -2.12. The first-order chi connectivity index (χ1) is 19.5. The maximum atomic E-state index is 13.0. The maximum absolute atomic E-state index is 13.0. The molecule has 0 saturated carbocycles. The molecule has 5 aromatic rings. The van der Waals surface area contributed by atoms with Gasteiger partial charge in [-0.2, -0.15) is 36.3 Å². The minimum Gasteiger partial charge on any atom is -0.508 e. The average Bonchev–Trinajstić information content (AvgIpc) is 3.32. The van der Waals surface area contributed by atoms with E-state index in [-0.39, 0.29) is 18.2 Å². The number of aromatic nitrogens is 4. The number of aromatic hydroxyl groups is 1. The third-order valence-electron chi connectivity index (χ3n) is 6.21. The Balaban J connectivity index is 1.43. The first-order valence-corrected chi connectivity index (χ1v) is 12.3. The summed E-state index contributed by atoms with van der Waals surface area (Å²) in [6.07, 6.45) is -6.86. The predicted molar refractivity (Wildman–Crippen MR) is 141 cm³/mol. The van der Waals surface area contributed by atoms with Gasteiger partial charge in [0.25, 0.3) is 0 Å². The van der Waals surface area contributed by atoms with Crippen LogP contribution in [0.5, 0.6) is 5.75 Å². The van der Waals surface area contributed by atoms with Crippen molar-refractivity contribution in [2.24, 2.45) is 0 Å². The molecule has 41 heavy (non-hydrogen) atoms. The van der Waals surface area contributed by atoms with Crippen molar-refractivity contribution in [3.8, 4) is 5.75 Å². The van der Waals surface area contributed by atoms with Crippen LogP contribution in [0.3, 0.4) is 0 Å². The van der Waals surface area contributed by atoms with E-state index in [9.17, 15) is 31.4 Å². The van der Waals surface area contributed by atoms with Crippen molar-refractivity contribution in [1.29, 1.82) is 0 Å². The molecule has 0 aliphatic heterocycles. The molecule has 2 aromatic heterocycles. The van der Waals surface area contributed by atoms with Crippen molar-refractivity contribution >= 4 is 28.6 Å². The van der Waals surface area contributed by atoms with Crippen LogP contribution in [0.25, 0.3) is 11.2 Å². The van der Waals surface area contributed by atoms with Crippen LogP contribution in [0.1, 0.15) is 22.3 Å². The summed E-state index contributed by atoms with van der Waals surface area (Å²) >= 11 is 0. The number of fused-ring (bicyclic) bond motifs is 1. The number of anilines is 3. The number of nitrogens with one attached hydrogen (secondary N) is 2. The molecule has 0 saturated heterocycles. The highest BCUT2D eigenvalue weighted by Crippen LogP contribution is 2.31. The Morgan fingerprint density at radius 3 is 1.93 bits per heavy atom. The fourth-order valence-electron chi connectivity index (χ4n) is 4.09. The number of alkyl halides is 6. The van der Waals surface area contributed by atoms with Gasteiger partial charge in [-0.1, -0.05) is 24.3 Å². The van der Waals surface area contributed by atoms with E-state index in [1.54, 1.807) is 28.8 Å². The third kappa shape index (κ3) is 6.68. The number of nitrogens with zero attached hydrogens (tertiary/aromatic N) is 4.